The van der Waals surface area contributed by atoms with Crippen molar-refractivity contribution in [2.45, 2.75) is 38.6 Å². The van der Waals surface area contributed by atoms with Gasteiger partial charge in [-0.05, 0) is 23.8 Å². The monoisotopic (exact) mass is 361 g/mol. The van der Waals surface area contributed by atoms with Gasteiger partial charge in [-0.1, -0.05) is 13.8 Å². The van der Waals surface area contributed by atoms with Gasteiger partial charge in [0.05, 0.1) is 23.2 Å². The number of rotatable bonds is 4. The Hall–Kier alpha value is -2.28. The van der Waals surface area contributed by atoms with E-state index in [2.05, 4.69) is 24.1 Å². The van der Waals surface area contributed by atoms with Crippen molar-refractivity contribution >= 4 is 28.8 Å². The highest BCUT2D eigenvalue weighted by Gasteiger charge is 2.33. The van der Waals surface area contributed by atoms with Gasteiger partial charge in [0.2, 0.25) is 11.8 Å². The summed E-state index contributed by atoms with van der Waals surface area (Å²) in [4.78, 5) is 30.8. The maximum absolute atomic E-state index is 13.6. The number of carbonyl (C=O) groups excluding carboxylic acids is 2. The Labute approximate surface area is 149 Å². The summed E-state index contributed by atoms with van der Waals surface area (Å²) in [6, 6.07) is 4.10. The molecule has 1 unspecified atom stereocenters. The van der Waals surface area contributed by atoms with Gasteiger partial charge in [-0.3, -0.25) is 9.59 Å². The minimum Gasteiger partial charge on any atom is -0.339 e. The highest BCUT2D eigenvalue weighted by Crippen LogP contribution is 2.34. The fourth-order valence-electron chi connectivity index (χ4n) is 2.90. The molecule has 0 saturated carbocycles. The summed E-state index contributed by atoms with van der Waals surface area (Å²) < 4.78 is 13.6. The Morgan fingerprint density at radius 1 is 1.48 bits per heavy atom. The molecule has 0 radical (unpaired) electrons. The number of amides is 2. The maximum Gasteiger partial charge on any atom is 0.230 e. The molecule has 2 amide bonds. The minimum absolute atomic E-state index is 0.0218. The molecule has 1 aliphatic heterocycles. The number of fused-ring (bicyclic) bond motifs is 1. The highest BCUT2D eigenvalue weighted by atomic mass is 32.1. The van der Waals surface area contributed by atoms with Crippen molar-refractivity contribution in [1.29, 1.82) is 0 Å². The summed E-state index contributed by atoms with van der Waals surface area (Å²) in [5.41, 5.74) is 1.85. The second kappa shape index (κ2) is 6.92. The number of hydrogen-bond donors (Lipinski definition) is 1. The zero-order valence-corrected chi connectivity index (χ0v) is 15.2. The molecular weight excluding hydrogens is 341 g/mol. The molecule has 25 heavy (non-hydrogen) atoms. The molecular formula is C18H20FN3O2S. The van der Waals surface area contributed by atoms with Crippen molar-refractivity contribution in [2.75, 3.05) is 12.4 Å². The van der Waals surface area contributed by atoms with Crippen LogP contribution in [0, 0.1) is 5.82 Å². The van der Waals surface area contributed by atoms with Crippen LogP contribution in [0.2, 0.25) is 0 Å². The quantitative estimate of drug-likeness (QED) is 0.907. The third-order valence-electron chi connectivity index (χ3n) is 4.19. The summed E-state index contributed by atoms with van der Waals surface area (Å²) in [7, 11) is 1.68. The molecule has 1 N–H and O–H groups in total. The first-order valence-corrected chi connectivity index (χ1v) is 9.01. The molecule has 5 nitrogen and oxygen atoms in total. The van der Waals surface area contributed by atoms with Crippen molar-refractivity contribution in [3.63, 3.8) is 0 Å². The molecule has 7 heteroatoms. The molecule has 0 aliphatic carbocycles. The second-order valence-corrected chi connectivity index (χ2v) is 7.45. The van der Waals surface area contributed by atoms with Gasteiger partial charge >= 0.3 is 0 Å². The lowest BCUT2D eigenvalue weighted by atomic mass is 9.89. The average molecular weight is 361 g/mol. The maximum atomic E-state index is 13.6. The number of thiazole rings is 1. The number of aromatic nitrogens is 1. The van der Waals surface area contributed by atoms with Gasteiger partial charge in [0.25, 0.3) is 0 Å². The van der Waals surface area contributed by atoms with Crippen molar-refractivity contribution in [1.82, 2.24) is 9.88 Å². The van der Waals surface area contributed by atoms with Crippen LogP contribution in [0.4, 0.5) is 10.1 Å². The van der Waals surface area contributed by atoms with Gasteiger partial charge in [0.15, 0.2) is 0 Å². The van der Waals surface area contributed by atoms with Crippen molar-refractivity contribution < 1.29 is 14.0 Å². The van der Waals surface area contributed by atoms with Crippen molar-refractivity contribution in [2.24, 2.45) is 0 Å². The van der Waals surface area contributed by atoms with Crippen LogP contribution in [0.3, 0.4) is 0 Å². The minimum atomic E-state index is -0.673. The molecule has 0 bridgehead atoms. The number of halogens is 1. The lowest BCUT2D eigenvalue weighted by Gasteiger charge is -2.28. The van der Waals surface area contributed by atoms with Gasteiger partial charge in [0, 0.05) is 30.5 Å². The molecule has 0 spiro atoms. The molecule has 132 valence electrons. The predicted molar refractivity (Wildman–Crippen MR) is 95.1 cm³/mol. The Morgan fingerprint density at radius 3 is 2.92 bits per heavy atom. The largest absolute Gasteiger partial charge is 0.339 e. The van der Waals surface area contributed by atoms with Gasteiger partial charge in [-0.2, -0.15) is 0 Å². The molecule has 1 aromatic heterocycles. The average Bonchev–Trinajstić information content (AvgIpc) is 3.02. The van der Waals surface area contributed by atoms with Crippen LogP contribution < -0.4 is 5.32 Å². The highest BCUT2D eigenvalue weighted by molar-refractivity contribution is 7.09. The number of likely N-dealkylation sites (N-methyl/N-ethyl adjacent to an activating group) is 1. The first kappa shape index (κ1) is 17.5. The molecule has 1 aliphatic rings. The number of carbonyl (C=O) groups is 2. The van der Waals surface area contributed by atoms with Gasteiger partial charge in [-0.15, -0.1) is 11.3 Å². The normalized spacial score (nSPS) is 16.5. The predicted octanol–water partition coefficient (Wildman–Crippen LogP) is 3.49. The van der Waals surface area contributed by atoms with Crippen LogP contribution in [0.1, 0.15) is 48.4 Å². The number of anilines is 1. The van der Waals surface area contributed by atoms with E-state index in [0.29, 0.717) is 23.7 Å². The molecule has 1 aromatic carbocycles. The Kier molecular flexibility index (Phi) is 4.85. The van der Waals surface area contributed by atoms with Crippen LogP contribution >= 0.6 is 11.3 Å². The summed E-state index contributed by atoms with van der Waals surface area (Å²) in [5, 5.41) is 5.66. The van der Waals surface area contributed by atoms with E-state index in [1.807, 2.05) is 5.38 Å². The number of nitrogens with zero attached hydrogens (tertiary/aromatic N) is 2. The summed E-state index contributed by atoms with van der Waals surface area (Å²) >= 11 is 1.58. The molecule has 0 fully saturated rings. The van der Waals surface area contributed by atoms with E-state index >= 15 is 0 Å². The summed E-state index contributed by atoms with van der Waals surface area (Å²) in [6.45, 7) is 4.51. The van der Waals surface area contributed by atoms with Crippen LogP contribution in [0.5, 0.6) is 0 Å². The molecule has 3 rings (SSSR count). The second-order valence-electron chi connectivity index (χ2n) is 6.56. The molecule has 1 atom stereocenters. The summed E-state index contributed by atoms with van der Waals surface area (Å²) in [5.74, 6) is -1.19. The third-order valence-corrected chi connectivity index (χ3v) is 5.38. The van der Waals surface area contributed by atoms with Gasteiger partial charge < -0.3 is 10.2 Å². The molecule has 2 aromatic rings. The first-order valence-electron chi connectivity index (χ1n) is 8.13. The summed E-state index contributed by atoms with van der Waals surface area (Å²) in [6.07, 6.45) is 0.0218. The van der Waals surface area contributed by atoms with Crippen LogP contribution in [0.15, 0.2) is 23.6 Å². The van der Waals surface area contributed by atoms with Crippen molar-refractivity contribution in [3.05, 3.63) is 45.7 Å². The Bertz CT molecular complexity index is 818. The van der Waals surface area contributed by atoms with E-state index in [1.165, 1.54) is 18.2 Å². The zero-order valence-electron chi connectivity index (χ0n) is 14.4. The van der Waals surface area contributed by atoms with Crippen molar-refractivity contribution in [3.8, 4) is 0 Å². The standard InChI is InChI=1S/C18H20FN3O2S/c1-10(2)17-20-12(9-25-17)8-22(3)18(24)14-7-16(23)21-15-5-4-11(19)6-13(14)15/h4-6,9-10,14H,7-8H2,1-3H3,(H,21,23). The zero-order chi connectivity index (χ0) is 18.1. The van der Waals surface area contributed by atoms with E-state index in [0.717, 1.165) is 10.7 Å². The number of nitrogens with one attached hydrogen (secondary N) is 1. The SMILES string of the molecule is CC(C)c1nc(CN(C)C(=O)C2CC(=O)Nc3ccc(F)cc32)cs1. The van der Waals surface area contributed by atoms with Gasteiger partial charge in [0.1, 0.15) is 5.82 Å². The molecule has 0 saturated heterocycles. The van der Waals surface area contributed by atoms with E-state index in [1.54, 1.807) is 23.3 Å². The van der Waals surface area contributed by atoms with Crippen LogP contribution in [-0.2, 0) is 16.1 Å². The fraction of sp³-hybridized carbons (Fsp3) is 0.389. The number of hydrogen-bond acceptors (Lipinski definition) is 4. The van der Waals surface area contributed by atoms with Crippen LogP contribution in [0.25, 0.3) is 0 Å². The number of benzene rings is 1. The van der Waals surface area contributed by atoms with E-state index < -0.39 is 11.7 Å². The van der Waals surface area contributed by atoms with E-state index in [9.17, 15) is 14.0 Å². The molecule has 2 heterocycles. The third kappa shape index (κ3) is 3.71. The van der Waals surface area contributed by atoms with E-state index in [4.69, 9.17) is 0 Å². The first-order chi connectivity index (χ1) is 11.8. The lowest BCUT2D eigenvalue weighted by Crippen LogP contribution is -2.36. The lowest BCUT2D eigenvalue weighted by molar-refractivity contribution is -0.134. The topological polar surface area (TPSA) is 62.3 Å². The smallest absolute Gasteiger partial charge is 0.230 e. The Balaban J connectivity index is 1.80. The van der Waals surface area contributed by atoms with Crippen LogP contribution in [-0.4, -0.2) is 28.7 Å². The van der Waals surface area contributed by atoms with Gasteiger partial charge in [-0.25, -0.2) is 9.37 Å². The van der Waals surface area contributed by atoms with E-state index in [-0.39, 0.29) is 18.2 Å². The fourth-order valence-corrected chi connectivity index (χ4v) is 3.73. The Morgan fingerprint density at radius 2 is 2.24 bits per heavy atom.